The maximum absolute atomic E-state index is 12.1. The van der Waals surface area contributed by atoms with Crippen LogP contribution in [-0.2, 0) is 4.79 Å². The molecule has 4 nitrogen and oxygen atoms in total. The monoisotopic (exact) mass is 287 g/mol. The lowest BCUT2D eigenvalue weighted by molar-refractivity contribution is -0.112. The number of aliphatic hydroxyl groups is 1. The lowest BCUT2D eigenvalue weighted by Gasteiger charge is -2.16. The molecule has 0 amide bonds. The largest absolute Gasteiger partial charge is 0.505 e. The summed E-state index contributed by atoms with van der Waals surface area (Å²) in [4.78, 5) is 28.1. The summed E-state index contributed by atoms with van der Waals surface area (Å²) >= 11 is 0. The van der Waals surface area contributed by atoms with Gasteiger partial charge >= 0.3 is 0 Å². The van der Waals surface area contributed by atoms with Gasteiger partial charge in [0.25, 0.3) is 0 Å². The number of carbonyl (C=O) groups is 2. The van der Waals surface area contributed by atoms with Crippen molar-refractivity contribution >= 4 is 17.3 Å². The van der Waals surface area contributed by atoms with Crippen molar-refractivity contribution in [1.29, 1.82) is 0 Å². The molecule has 1 aromatic rings. The van der Waals surface area contributed by atoms with Gasteiger partial charge in [-0.2, -0.15) is 0 Å². The molecule has 0 radical (unpaired) electrons. The van der Waals surface area contributed by atoms with Crippen LogP contribution in [0.1, 0.15) is 67.9 Å². The Morgan fingerprint density at radius 3 is 2.52 bits per heavy atom. The minimum atomic E-state index is -0.582. The van der Waals surface area contributed by atoms with Crippen LogP contribution >= 0.6 is 0 Å². The van der Waals surface area contributed by atoms with Gasteiger partial charge in [0.1, 0.15) is 11.5 Å². The first kappa shape index (κ1) is 15.4. The fourth-order valence-electron chi connectivity index (χ4n) is 2.60. The van der Waals surface area contributed by atoms with E-state index >= 15 is 0 Å². The number of nitrogens with zero attached hydrogens (tertiary/aromatic N) is 1. The van der Waals surface area contributed by atoms with Gasteiger partial charge in [-0.15, -0.1) is 0 Å². The first-order chi connectivity index (χ1) is 10.2. The van der Waals surface area contributed by atoms with E-state index in [0.717, 1.165) is 19.3 Å². The van der Waals surface area contributed by atoms with Crippen LogP contribution in [0.5, 0.6) is 0 Å². The van der Waals surface area contributed by atoms with Crippen molar-refractivity contribution in [2.24, 2.45) is 0 Å². The normalized spacial score (nSPS) is 14.5. The highest BCUT2D eigenvalue weighted by atomic mass is 16.3. The van der Waals surface area contributed by atoms with Crippen LogP contribution in [0.2, 0.25) is 0 Å². The zero-order valence-corrected chi connectivity index (χ0v) is 12.4. The summed E-state index contributed by atoms with van der Waals surface area (Å²) in [6, 6.07) is 3.12. The van der Waals surface area contributed by atoms with Gasteiger partial charge in [-0.3, -0.25) is 14.6 Å². The van der Waals surface area contributed by atoms with Gasteiger partial charge < -0.3 is 5.11 Å². The molecule has 0 fully saturated rings. The Bertz CT molecular complexity index is 575. The number of unbranched alkanes of at least 4 members (excludes halogenated alkanes) is 5. The van der Waals surface area contributed by atoms with E-state index in [1.165, 1.54) is 31.5 Å². The summed E-state index contributed by atoms with van der Waals surface area (Å²) in [5, 5.41) is 10.2. The zero-order valence-electron chi connectivity index (χ0n) is 12.4. The van der Waals surface area contributed by atoms with Crippen LogP contribution in [0, 0.1) is 0 Å². The highest BCUT2D eigenvalue weighted by molar-refractivity contribution is 6.52. The number of pyridine rings is 1. The minimum absolute atomic E-state index is 0.122. The Balaban J connectivity index is 2.05. The highest BCUT2D eigenvalue weighted by Gasteiger charge is 2.32. The lowest BCUT2D eigenvalue weighted by Crippen LogP contribution is -2.24. The fraction of sp³-hybridized carbons (Fsp3) is 0.471. The molecule has 4 heteroatoms. The van der Waals surface area contributed by atoms with Crippen LogP contribution in [0.25, 0.3) is 5.76 Å². The molecule has 1 N–H and O–H groups in total. The summed E-state index contributed by atoms with van der Waals surface area (Å²) in [7, 11) is 0. The molecule has 1 aliphatic carbocycles. The Morgan fingerprint density at radius 1 is 1.05 bits per heavy atom. The molecule has 0 aliphatic heterocycles. The van der Waals surface area contributed by atoms with E-state index in [4.69, 9.17) is 0 Å². The van der Waals surface area contributed by atoms with Gasteiger partial charge in [-0.1, -0.05) is 39.0 Å². The number of hydrogen-bond donors (Lipinski definition) is 1. The van der Waals surface area contributed by atoms with E-state index in [-0.39, 0.29) is 22.6 Å². The zero-order chi connectivity index (χ0) is 15.2. The second-order valence-corrected chi connectivity index (χ2v) is 5.40. The van der Waals surface area contributed by atoms with Crippen LogP contribution in [0.4, 0.5) is 0 Å². The van der Waals surface area contributed by atoms with E-state index < -0.39 is 11.6 Å². The predicted molar refractivity (Wildman–Crippen MR) is 81.1 cm³/mol. The second-order valence-electron chi connectivity index (χ2n) is 5.40. The van der Waals surface area contributed by atoms with Gasteiger partial charge in [0, 0.05) is 11.8 Å². The number of fused-ring (bicyclic) bond motifs is 1. The number of allylic oxidation sites excluding steroid dienone is 1. The average Bonchev–Trinajstić information content (AvgIpc) is 2.51. The average molecular weight is 287 g/mol. The third-order valence-electron chi connectivity index (χ3n) is 3.82. The quantitative estimate of drug-likeness (QED) is 0.610. The third-order valence-corrected chi connectivity index (χ3v) is 3.82. The van der Waals surface area contributed by atoms with Crippen molar-refractivity contribution in [2.45, 2.75) is 51.9 Å². The Morgan fingerprint density at radius 2 is 1.76 bits per heavy atom. The molecule has 0 saturated carbocycles. The van der Waals surface area contributed by atoms with Gasteiger partial charge in [-0.25, -0.2) is 0 Å². The molecular weight excluding hydrogens is 266 g/mol. The summed E-state index contributed by atoms with van der Waals surface area (Å²) < 4.78 is 0. The van der Waals surface area contributed by atoms with E-state index in [9.17, 15) is 14.7 Å². The van der Waals surface area contributed by atoms with E-state index in [2.05, 4.69) is 11.9 Å². The van der Waals surface area contributed by atoms with Crippen LogP contribution in [-0.4, -0.2) is 21.7 Å². The molecule has 1 aromatic heterocycles. The second kappa shape index (κ2) is 7.16. The number of aromatic nitrogens is 1. The van der Waals surface area contributed by atoms with Crippen molar-refractivity contribution in [2.75, 3.05) is 0 Å². The molecule has 0 spiro atoms. The maximum atomic E-state index is 12.1. The van der Waals surface area contributed by atoms with Gasteiger partial charge in [-0.05, 0) is 25.0 Å². The molecule has 0 aromatic carbocycles. The van der Waals surface area contributed by atoms with Crippen LogP contribution in [0.3, 0.4) is 0 Å². The summed E-state index contributed by atoms with van der Waals surface area (Å²) in [6.45, 7) is 2.17. The molecule has 0 saturated heterocycles. The predicted octanol–water partition coefficient (Wildman–Crippen LogP) is 3.87. The Kier molecular flexibility index (Phi) is 5.26. The van der Waals surface area contributed by atoms with Crippen molar-refractivity contribution in [3.05, 3.63) is 35.2 Å². The van der Waals surface area contributed by atoms with Crippen molar-refractivity contribution < 1.29 is 14.7 Å². The number of ketones is 2. The van der Waals surface area contributed by atoms with E-state index in [1.54, 1.807) is 6.07 Å². The Labute approximate surface area is 124 Å². The number of rotatable bonds is 7. The number of aliphatic hydroxyl groups excluding tert-OH is 1. The van der Waals surface area contributed by atoms with Gasteiger partial charge in [0.15, 0.2) is 0 Å². The van der Waals surface area contributed by atoms with Crippen molar-refractivity contribution in [3.63, 3.8) is 0 Å². The highest BCUT2D eigenvalue weighted by Crippen LogP contribution is 2.28. The number of carbonyl (C=O) groups excluding carboxylic acids is 2. The first-order valence-corrected chi connectivity index (χ1v) is 7.63. The van der Waals surface area contributed by atoms with Crippen molar-refractivity contribution in [1.82, 2.24) is 4.98 Å². The van der Waals surface area contributed by atoms with Gasteiger partial charge in [0.2, 0.25) is 11.6 Å². The molecule has 1 aliphatic rings. The molecule has 0 bridgehead atoms. The molecule has 112 valence electrons. The minimum Gasteiger partial charge on any atom is -0.505 e. The van der Waals surface area contributed by atoms with Crippen LogP contribution in [0.15, 0.2) is 23.9 Å². The summed E-state index contributed by atoms with van der Waals surface area (Å²) in [5.41, 5.74) is 0.663. The summed E-state index contributed by atoms with van der Waals surface area (Å²) in [6.07, 6.45) is 8.51. The molecule has 2 rings (SSSR count). The maximum Gasteiger partial charge on any atom is 0.235 e. The topological polar surface area (TPSA) is 67.3 Å². The number of Topliss-reactive ketones (excluding diaryl/α,β-unsaturated/α-hetero) is 2. The third kappa shape index (κ3) is 3.38. The van der Waals surface area contributed by atoms with Crippen molar-refractivity contribution in [3.8, 4) is 0 Å². The van der Waals surface area contributed by atoms with E-state index in [1.807, 2.05) is 0 Å². The van der Waals surface area contributed by atoms with E-state index in [0.29, 0.717) is 6.42 Å². The molecule has 0 atom stereocenters. The smallest absolute Gasteiger partial charge is 0.235 e. The molecule has 1 heterocycles. The Hall–Kier alpha value is -1.97. The molecular formula is C17H21NO3. The lowest BCUT2D eigenvalue weighted by atomic mass is 9.89. The van der Waals surface area contributed by atoms with Crippen LogP contribution < -0.4 is 0 Å². The first-order valence-electron chi connectivity index (χ1n) is 7.63. The molecule has 0 unspecified atom stereocenters. The standard InChI is InChI=1S/C17H21NO3/c1-2-3-4-5-6-7-9-13-15(19)14-12(10-8-11-18-14)16(20)17(13)21/h8,10-11,19H,2-7,9H2,1H3. The summed E-state index contributed by atoms with van der Waals surface area (Å²) in [5.74, 6) is -1.26. The van der Waals surface area contributed by atoms with Gasteiger partial charge in [0.05, 0.1) is 5.56 Å². The number of hydrogen-bond acceptors (Lipinski definition) is 4. The SMILES string of the molecule is CCCCCCCCC1=C(O)c2ncccc2C(=O)C1=O. The molecule has 21 heavy (non-hydrogen) atoms. The fourth-order valence-corrected chi connectivity index (χ4v) is 2.60.